The van der Waals surface area contributed by atoms with Gasteiger partial charge in [-0.05, 0) is 35.6 Å². The van der Waals surface area contributed by atoms with Crippen LogP contribution in [-0.2, 0) is 26.4 Å². The zero-order chi connectivity index (χ0) is 28.7. The second-order valence-corrected chi connectivity index (χ2v) is 11.5. The van der Waals surface area contributed by atoms with Crippen LogP contribution in [0.1, 0.15) is 42.5 Å². The molecule has 1 atom stereocenters. The number of thioether (sulfide) groups is 1. The number of benzene rings is 3. The third-order valence-electron chi connectivity index (χ3n) is 7.41. The Morgan fingerprint density at radius 2 is 1.51 bits per heavy atom. The number of piperidine rings is 1. The lowest BCUT2D eigenvalue weighted by Gasteiger charge is -2.49. The molecule has 3 aromatic carbocycles. The van der Waals surface area contributed by atoms with Crippen LogP contribution < -0.4 is 0 Å². The van der Waals surface area contributed by atoms with Gasteiger partial charge in [0.1, 0.15) is 6.54 Å². The quantitative estimate of drug-likeness (QED) is 0.179. The maximum atomic E-state index is 12.3. The topological polar surface area (TPSA) is 64.4 Å². The molecule has 2 heterocycles. The molecule has 1 aromatic heterocycles. The molecule has 0 radical (unpaired) electrons. The van der Waals surface area contributed by atoms with Crippen molar-refractivity contribution in [2.45, 2.75) is 37.6 Å². The van der Waals surface area contributed by atoms with Gasteiger partial charge in [0.05, 0.1) is 18.3 Å². The zero-order valence-electron chi connectivity index (χ0n) is 23.5. The molecule has 0 spiro atoms. The highest BCUT2D eigenvalue weighted by Gasteiger charge is 2.44. The van der Waals surface area contributed by atoms with E-state index in [1.54, 1.807) is 24.7 Å². The summed E-state index contributed by atoms with van der Waals surface area (Å²) in [6, 6.07) is 32.0. The molecule has 5 rings (SSSR count). The molecule has 41 heavy (non-hydrogen) atoms. The lowest BCUT2D eigenvalue weighted by molar-refractivity contribution is -0.144. The van der Waals surface area contributed by atoms with Crippen LogP contribution in [0.15, 0.2) is 109 Å². The first-order chi connectivity index (χ1) is 20.0. The molecule has 0 N–H and O–H groups in total. The number of hydrogen-bond donors (Lipinski definition) is 0. The fourth-order valence-corrected chi connectivity index (χ4v) is 6.72. The van der Waals surface area contributed by atoms with Crippen molar-refractivity contribution in [1.29, 1.82) is 0 Å². The summed E-state index contributed by atoms with van der Waals surface area (Å²) in [5.41, 5.74) is 5.08. The Balaban J connectivity index is 1.60. The Morgan fingerprint density at radius 1 is 0.951 bits per heavy atom. The molecule has 6 nitrogen and oxygen atoms in total. The van der Waals surface area contributed by atoms with Crippen LogP contribution >= 0.6 is 11.8 Å². The number of likely N-dealkylation sites (tertiary alicyclic amines) is 1. The van der Waals surface area contributed by atoms with Gasteiger partial charge in [-0.2, -0.15) is 5.10 Å². The number of ether oxygens (including phenoxy) is 1. The van der Waals surface area contributed by atoms with Gasteiger partial charge in [-0.15, -0.1) is 0 Å². The van der Waals surface area contributed by atoms with Gasteiger partial charge in [0.25, 0.3) is 0 Å². The van der Waals surface area contributed by atoms with Crippen LogP contribution in [-0.4, -0.2) is 50.7 Å². The zero-order valence-corrected chi connectivity index (χ0v) is 24.3. The van der Waals surface area contributed by atoms with E-state index in [2.05, 4.69) is 107 Å². The highest BCUT2D eigenvalue weighted by atomic mass is 32.2. The fraction of sp³-hybridized carbons (Fsp3) is 0.265. The normalized spacial score (nSPS) is 16.9. The number of carbonyl (C=O) groups excluding carboxylic acids is 2. The second-order valence-electron chi connectivity index (χ2n) is 10.1. The highest BCUT2D eigenvalue weighted by Crippen LogP contribution is 2.45. The summed E-state index contributed by atoms with van der Waals surface area (Å²) >= 11 is 1.39. The summed E-state index contributed by atoms with van der Waals surface area (Å²) < 4.78 is 6.68. The second kappa shape index (κ2) is 13.1. The number of nitrogens with zero attached hydrogens (tertiary/aromatic N) is 3. The van der Waals surface area contributed by atoms with Crippen molar-refractivity contribution >= 4 is 28.9 Å². The Morgan fingerprint density at radius 3 is 2.02 bits per heavy atom. The molecule has 0 amide bonds. The van der Waals surface area contributed by atoms with Gasteiger partial charge in [-0.3, -0.25) is 19.2 Å². The molecule has 210 valence electrons. The van der Waals surface area contributed by atoms with E-state index in [1.807, 2.05) is 6.20 Å². The average molecular weight is 566 g/mol. The van der Waals surface area contributed by atoms with E-state index in [9.17, 15) is 9.59 Å². The van der Waals surface area contributed by atoms with Crippen molar-refractivity contribution in [3.63, 3.8) is 0 Å². The molecule has 0 saturated carbocycles. The Kier molecular flexibility index (Phi) is 9.17. The Bertz CT molecular complexity index is 1390. The minimum atomic E-state index is -0.539. The standard InChI is InChI=1S/C34H35N3O3S/c1-3-40-33(39)25-37-23-27(22-35-37)21-28-24-36(20-19-32(28)41-26(2)38)34(29-13-7-4-8-14-29,30-15-9-5-10-16-30)31-17-11-6-12-18-31/h4-18,21-23,32H,3,19-20,24-25H2,1-2H3. The van der Waals surface area contributed by atoms with Gasteiger partial charge < -0.3 is 4.74 Å². The third kappa shape index (κ3) is 6.37. The molecule has 7 heteroatoms. The first-order valence-corrected chi connectivity index (χ1v) is 14.9. The SMILES string of the molecule is CCOC(=O)Cn1cc(C=C2CN(C(c3ccccc3)(c3ccccc3)c3ccccc3)CCC2SC(C)=O)cn1. The maximum Gasteiger partial charge on any atom is 0.327 e. The largest absolute Gasteiger partial charge is 0.465 e. The van der Waals surface area contributed by atoms with E-state index in [-0.39, 0.29) is 22.9 Å². The molecule has 0 bridgehead atoms. The minimum absolute atomic E-state index is 0.0529. The number of hydrogen-bond acceptors (Lipinski definition) is 6. The van der Waals surface area contributed by atoms with Gasteiger partial charge >= 0.3 is 5.97 Å². The summed E-state index contributed by atoms with van der Waals surface area (Å²) in [4.78, 5) is 26.8. The first kappa shape index (κ1) is 28.6. The third-order valence-corrected chi connectivity index (χ3v) is 8.56. The smallest absolute Gasteiger partial charge is 0.327 e. The van der Waals surface area contributed by atoms with E-state index in [0.29, 0.717) is 13.2 Å². The molecule has 1 aliphatic rings. The summed E-state index contributed by atoms with van der Waals surface area (Å²) in [6.07, 6.45) is 6.57. The van der Waals surface area contributed by atoms with Crippen LogP contribution in [0.25, 0.3) is 6.08 Å². The van der Waals surface area contributed by atoms with E-state index < -0.39 is 5.54 Å². The fourth-order valence-electron chi connectivity index (χ4n) is 5.80. The molecular weight excluding hydrogens is 530 g/mol. The van der Waals surface area contributed by atoms with E-state index in [0.717, 1.165) is 24.1 Å². The predicted octanol–water partition coefficient (Wildman–Crippen LogP) is 6.18. The van der Waals surface area contributed by atoms with Gasteiger partial charge in [0.15, 0.2) is 5.12 Å². The van der Waals surface area contributed by atoms with Gasteiger partial charge in [0, 0.05) is 37.0 Å². The lowest BCUT2D eigenvalue weighted by atomic mass is 9.74. The Labute approximate surface area is 246 Å². The number of carbonyl (C=O) groups is 2. The van der Waals surface area contributed by atoms with E-state index >= 15 is 0 Å². The van der Waals surface area contributed by atoms with Crippen LogP contribution in [0.4, 0.5) is 0 Å². The monoisotopic (exact) mass is 565 g/mol. The summed E-state index contributed by atoms with van der Waals surface area (Å²) in [7, 11) is 0. The molecular formula is C34H35N3O3S. The van der Waals surface area contributed by atoms with Crippen molar-refractivity contribution in [1.82, 2.24) is 14.7 Å². The van der Waals surface area contributed by atoms with Gasteiger partial charge in [-0.1, -0.05) is 109 Å². The molecule has 1 fully saturated rings. The molecule has 1 unspecified atom stereocenters. The van der Waals surface area contributed by atoms with Crippen LogP contribution in [0.2, 0.25) is 0 Å². The highest BCUT2D eigenvalue weighted by molar-refractivity contribution is 8.14. The summed E-state index contributed by atoms with van der Waals surface area (Å²) in [6.45, 7) is 5.29. The number of rotatable bonds is 9. The first-order valence-electron chi connectivity index (χ1n) is 14.0. The van der Waals surface area contributed by atoms with Crippen LogP contribution in [0.3, 0.4) is 0 Å². The minimum Gasteiger partial charge on any atom is -0.465 e. The number of esters is 1. The maximum absolute atomic E-state index is 12.3. The van der Waals surface area contributed by atoms with Crippen molar-refractivity contribution in [2.75, 3.05) is 19.7 Å². The van der Waals surface area contributed by atoms with Crippen LogP contribution in [0.5, 0.6) is 0 Å². The summed E-state index contributed by atoms with van der Waals surface area (Å²) in [5, 5.41) is 4.54. The average Bonchev–Trinajstić information content (AvgIpc) is 3.42. The molecule has 0 aliphatic carbocycles. The predicted molar refractivity (Wildman–Crippen MR) is 164 cm³/mol. The van der Waals surface area contributed by atoms with Gasteiger partial charge in [-0.25, -0.2) is 0 Å². The Hall–Kier alpha value is -3.94. The van der Waals surface area contributed by atoms with Crippen molar-refractivity contribution in [3.05, 3.63) is 131 Å². The van der Waals surface area contributed by atoms with E-state index in [4.69, 9.17) is 4.74 Å². The van der Waals surface area contributed by atoms with Crippen molar-refractivity contribution < 1.29 is 14.3 Å². The molecule has 4 aromatic rings. The van der Waals surface area contributed by atoms with Gasteiger partial charge in [0.2, 0.25) is 0 Å². The summed E-state index contributed by atoms with van der Waals surface area (Å²) in [5.74, 6) is -0.318. The van der Waals surface area contributed by atoms with Crippen molar-refractivity contribution in [3.8, 4) is 0 Å². The lowest BCUT2D eigenvalue weighted by Crippen LogP contribution is -2.52. The van der Waals surface area contributed by atoms with E-state index in [1.165, 1.54) is 28.5 Å². The number of aromatic nitrogens is 2. The van der Waals surface area contributed by atoms with Crippen LogP contribution in [0, 0.1) is 0 Å². The van der Waals surface area contributed by atoms with Crippen molar-refractivity contribution in [2.24, 2.45) is 0 Å². The molecule has 1 saturated heterocycles. The molecule has 1 aliphatic heterocycles.